The van der Waals surface area contributed by atoms with E-state index in [1.807, 2.05) is 37.3 Å². The van der Waals surface area contributed by atoms with Gasteiger partial charge in [0.05, 0.1) is 5.35 Å². The molecule has 0 aliphatic heterocycles. The van der Waals surface area contributed by atoms with Crippen LogP contribution >= 0.6 is 0 Å². The number of tetrazole rings is 1. The lowest BCUT2D eigenvalue weighted by Crippen LogP contribution is -2.41. The maximum atomic E-state index is 13.6. The maximum absolute atomic E-state index is 13.6. The topological polar surface area (TPSA) is 121 Å². The van der Waals surface area contributed by atoms with Crippen molar-refractivity contribution in [1.29, 1.82) is 0 Å². The van der Waals surface area contributed by atoms with Crippen LogP contribution in [0.2, 0.25) is 0 Å². The third kappa shape index (κ3) is 6.26. The summed E-state index contributed by atoms with van der Waals surface area (Å²) in [6, 6.07) is 12.7. The zero-order valence-electron chi connectivity index (χ0n) is 21.9. The molecule has 0 radical (unpaired) electrons. The summed E-state index contributed by atoms with van der Waals surface area (Å²) in [5.74, 6) is -0.0409. The first-order valence-electron chi connectivity index (χ1n) is 12.5. The van der Waals surface area contributed by atoms with Gasteiger partial charge in [0, 0.05) is 29.1 Å². The molecule has 2 aromatic carbocycles. The molecule has 2 aromatic heterocycles. The summed E-state index contributed by atoms with van der Waals surface area (Å²) >= 11 is 0. The number of aromatic amines is 1. The van der Waals surface area contributed by atoms with E-state index < -0.39 is 0 Å². The van der Waals surface area contributed by atoms with E-state index in [0.29, 0.717) is 27.6 Å². The van der Waals surface area contributed by atoms with Crippen LogP contribution in [0.4, 0.5) is 4.39 Å². The summed E-state index contributed by atoms with van der Waals surface area (Å²) < 4.78 is 13.6. The van der Waals surface area contributed by atoms with Gasteiger partial charge in [-0.25, -0.2) is 14.4 Å². The van der Waals surface area contributed by atoms with Crippen molar-refractivity contribution in [3.05, 3.63) is 87.6 Å². The fraction of sp³-hybridized carbons (Fsp3) is 0.286. The monoisotopic (exact) mass is 514 g/mol. The third-order valence-corrected chi connectivity index (χ3v) is 6.21. The number of hydrogen-bond acceptors (Lipinski definition) is 7. The predicted octanol–water partition coefficient (Wildman–Crippen LogP) is 3.09. The first-order chi connectivity index (χ1) is 18.4. The molecule has 0 spiro atoms. The number of benzene rings is 2. The van der Waals surface area contributed by atoms with E-state index in [-0.39, 0.29) is 24.3 Å². The van der Waals surface area contributed by atoms with Gasteiger partial charge >= 0.3 is 0 Å². The van der Waals surface area contributed by atoms with E-state index in [4.69, 9.17) is 0 Å². The van der Waals surface area contributed by atoms with Gasteiger partial charge in [-0.2, -0.15) is 5.21 Å². The number of carbonyl (C=O) groups excluding carboxylic acids is 1. The van der Waals surface area contributed by atoms with Gasteiger partial charge in [-0.15, -0.1) is 10.2 Å². The molecule has 1 atom stereocenters. The number of halogens is 1. The van der Waals surface area contributed by atoms with Gasteiger partial charge in [0.15, 0.2) is 0 Å². The number of nitrogens with one attached hydrogen (secondary N) is 3. The zero-order valence-corrected chi connectivity index (χ0v) is 21.9. The highest BCUT2D eigenvalue weighted by molar-refractivity contribution is 5.92. The van der Waals surface area contributed by atoms with Crippen molar-refractivity contribution in [3.63, 3.8) is 0 Å². The molecular weight excluding hydrogens is 483 g/mol. The third-order valence-electron chi connectivity index (χ3n) is 6.21. The molecule has 0 saturated heterocycles. The Bertz CT molecular complexity index is 1520. The van der Waals surface area contributed by atoms with Gasteiger partial charge in [0.2, 0.25) is 5.82 Å². The lowest BCUT2D eigenvalue weighted by Gasteiger charge is -2.16. The number of aromatic nitrogens is 6. The molecule has 0 aliphatic carbocycles. The summed E-state index contributed by atoms with van der Waals surface area (Å²) in [7, 11) is 0. The molecule has 0 fully saturated rings. The van der Waals surface area contributed by atoms with Crippen LogP contribution in [0.1, 0.15) is 66.8 Å². The van der Waals surface area contributed by atoms with Crippen molar-refractivity contribution in [2.24, 2.45) is 0 Å². The first-order valence-corrected chi connectivity index (χ1v) is 12.5. The van der Waals surface area contributed by atoms with E-state index in [1.54, 1.807) is 19.1 Å². The number of rotatable bonds is 9. The van der Waals surface area contributed by atoms with Crippen LogP contribution in [-0.2, 0) is 6.54 Å². The van der Waals surface area contributed by atoms with Crippen molar-refractivity contribution in [1.82, 2.24) is 41.2 Å². The minimum Gasteiger partial charge on any atom is -0.380 e. The fourth-order valence-electron chi connectivity index (χ4n) is 4.12. The number of aryl methyl sites for hydroxylation is 1. The smallest absolute Gasteiger partial charge is 0.270 e. The largest absolute Gasteiger partial charge is 0.380 e. The number of unbranched alkanes of at least 4 members (excludes halogenated alkanes) is 1. The van der Waals surface area contributed by atoms with Gasteiger partial charge in [-0.3, -0.25) is 4.79 Å². The SMILES string of the molecule is CCC/C=c1/c(C(=O)NCc2ccc(F)c(C)c2)ncn/c1=C(/C)NC(C)c1ccc(-c2nn[nH]n2)cc1. The molecule has 4 rings (SSSR count). The zero-order chi connectivity index (χ0) is 27.1. The van der Waals surface area contributed by atoms with Crippen LogP contribution in [0, 0.1) is 12.7 Å². The summed E-state index contributed by atoms with van der Waals surface area (Å²) in [4.78, 5) is 22.0. The number of carbonyl (C=O) groups is 1. The van der Waals surface area contributed by atoms with Gasteiger partial charge in [-0.1, -0.05) is 55.8 Å². The van der Waals surface area contributed by atoms with E-state index >= 15 is 0 Å². The molecule has 4 aromatic rings. The Morgan fingerprint density at radius 2 is 1.95 bits per heavy atom. The van der Waals surface area contributed by atoms with Crippen LogP contribution < -0.4 is 21.2 Å². The molecule has 0 bridgehead atoms. The van der Waals surface area contributed by atoms with E-state index in [2.05, 4.69) is 55.1 Å². The van der Waals surface area contributed by atoms with E-state index in [0.717, 1.165) is 35.2 Å². The maximum Gasteiger partial charge on any atom is 0.270 e. The van der Waals surface area contributed by atoms with Crippen molar-refractivity contribution in [2.75, 3.05) is 0 Å². The van der Waals surface area contributed by atoms with Crippen molar-refractivity contribution < 1.29 is 9.18 Å². The second-order valence-corrected chi connectivity index (χ2v) is 9.09. The second kappa shape index (κ2) is 12.2. The summed E-state index contributed by atoms with van der Waals surface area (Å²) in [6.45, 7) is 8.04. The molecule has 10 heteroatoms. The predicted molar refractivity (Wildman–Crippen MR) is 143 cm³/mol. The van der Waals surface area contributed by atoms with Gasteiger partial charge in [0.1, 0.15) is 17.8 Å². The van der Waals surface area contributed by atoms with Crippen molar-refractivity contribution in [2.45, 2.75) is 53.1 Å². The Morgan fingerprint density at radius 1 is 1.16 bits per heavy atom. The average molecular weight is 515 g/mol. The lowest BCUT2D eigenvalue weighted by molar-refractivity contribution is 0.0944. The van der Waals surface area contributed by atoms with Crippen LogP contribution in [-0.4, -0.2) is 36.5 Å². The molecule has 0 aliphatic rings. The Labute approximate surface area is 220 Å². The molecule has 38 heavy (non-hydrogen) atoms. The Kier molecular flexibility index (Phi) is 8.52. The molecule has 196 valence electrons. The van der Waals surface area contributed by atoms with Crippen LogP contribution in [0.3, 0.4) is 0 Å². The minimum absolute atomic E-state index is 0.0256. The van der Waals surface area contributed by atoms with Crippen molar-refractivity contribution >= 4 is 17.7 Å². The summed E-state index contributed by atoms with van der Waals surface area (Å²) in [6.07, 6.45) is 5.10. The van der Waals surface area contributed by atoms with E-state index in [9.17, 15) is 9.18 Å². The highest BCUT2D eigenvalue weighted by Crippen LogP contribution is 2.19. The van der Waals surface area contributed by atoms with Crippen LogP contribution in [0.5, 0.6) is 0 Å². The molecule has 0 saturated carbocycles. The van der Waals surface area contributed by atoms with Gasteiger partial charge in [-0.05, 0) is 55.2 Å². The molecule has 1 unspecified atom stereocenters. The first kappa shape index (κ1) is 26.6. The Balaban J connectivity index is 1.59. The summed E-state index contributed by atoms with van der Waals surface area (Å²) in [5.41, 5.74) is 4.42. The second-order valence-electron chi connectivity index (χ2n) is 9.09. The van der Waals surface area contributed by atoms with Crippen molar-refractivity contribution in [3.8, 4) is 11.4 Å². The van der Waals surface area contributed by atoms with Gasteiger partial charge in [0.25, 0.3) is 5.91 Å². The Hall–Kier alpha value is -4.47. The molecule has 3 N–H and O–H groups in total. The minimum atomic E-state index is -0.309. The molecular formula is C28H31FN8O. The van der Waals surface area contributed by atoms with E-state index in [1.165, 1.54) is 12.4 Å². The highest BCUT2D eigenvalue weighted by Gasteiger charge is 2.13. The Morgan fingerprint density at radius 3 is 2.63 bits per heavy atom. The quantitative estimate of drug-likeness (QED) is 0.314. The average Bonchev–Trinajstić information content (AvgIpc) is 3.47. The highest BCUT2D eigenvalue weighted by atomic mass is 19.1. The number of nitrogens with zero attached hydrogens (tertiary/aromatic N) is 5. The molecule has 1 amide bonds. The molecule has 9 nitrogen and oxygen atoms in total. The number of H-pyrrole nitrogens is 1. The van der Waals surface area contributed by atoms with Crippen LogP contribution in [0.25, 0.3) is 23.2 Å². The van der Waals surface area contributed by atoms with Gasteiger partial charge < -0.3 is 10.6 Å². The normalized spacial score (nSPS) is 13.2. The standard InChI is InChI=1S/C28H31FN8O/c1-5-6-7-23-25(19(4)33-18(3)21-9-11-22(12-10-21)27-34-36-37-35-27)31-16-32-26(23)28(38)30-15-20-8-13-24(29)17(2)14-20/h7-14,16,18,33H,5-6,15H2,1-4H3,(H,30,38)(H,34,35,36,37)/b23-7+,25-19-. The number of amides is 1. The van der Waals surface area contributed by atoms with Crippen LogP contribution in [0.15, 0.2) is 48.8 Å². The number of hydrogen-bond donors (Lipinski definition) is 3. The molecule has 2 heterocycles. The fourth-order valence-corrected chi connectivity index (χ4v) is 4.12. The summed E-state index contributed by atoms with van der Waals surface area (Å²) in [5, 5.41) is 21.9. The lowest BCUT2D eigenvalue weighted by atomic mass is 10.1.